The lowest BCUT2D eigenvalue weighted by Crippen LogP contribution is -2.09. The van der Waals surface area contributed by atoms with Crippen LogP contribution in [0.3, 0.4) is 0 Å². The molecule has 66 heavy (non-hydrogen) atoms. The number of aromatic nitrogens is 1. The van der Waals surface area contributed by atoms with Crippen molar-refractivity contribution < 1.29 is 0 Å². The van der Waals surface area contributed by atoms with E-state index in [1.807, 2.05) is 0 Å². The molecule has 12 aromatic rings. The number of nitrogens with zero attached hydrogens (tertiary/aromatic N) is 2. The first-order valence-electron chi connectivity index (χ1n) is 22.7. The summed E-state index contributed by atoms with van der Waals surface area (Å²) < 4.78 is 2.41. The maximum Gasteiger partial charge on any atom is 0.0541 e. The van der Waals surface area contributed by atoms with E-state index in [1.54, 1.807) is 0 Å². The van der Waals surface area contributed by atoms with Gasteiger partial charge in [-0.3, -0.25) is 0 Å². The lowest BCUT2D eigenvalue weighted by molar-refractivity contribution is 1.18. The summed E-state index contributed by atoms with van der Waals surface area (Å²) in [5, 5.41) is 4.96. The van der Waals surface area contributed by atoms with E-state index >= 15 is 0 Å². The number of anilines is 3. The number of rotatable bonds is 9. The fourth-order valence-electron chi connectivity index (χ4n) is 9.69. The van der Waals surface area contributed by atoms with Crippen LogP contribution in [0.5, 0.6) is 0 Å². The third-order valence-electron chi connectivity index (χ3n) is 13.0. The van der Waals surface area contributed by atoms with E-state index in [1.165, 1.54) is 93.9 Å². The minimum absolute atomic E-state index is 1.09. The van der Waals surface area contributed by atoms with Crippen LogP contribution >= 0.6 is 0 Å². The van der Waals surface area contributed by atoms with E-state index in [-0.39, 0.29) is 0 Å². The number of benzene rings is 11. The quantitative estimate of drug-likeness (QED) is 0.141. The second-order valence-corrected chi connectivity index (χ2v) is 17.0. The van der Waals surface area contributed by atoms with Crippen molar-refractivity contribution in [2.75, 3.05) is 4.90 Å². The Kier molecular flexibility index (Phi) is 9.89. The lowest BCUT2D eigenvalue weighted by Gasteiger charge is -2.26. The van der Waals surface area contributed by atoms with E-state index in [2.05, 4.69) is 276 Å². The Hall–Kier alpha value is -8.72. The first-order chi connectivity index (χ1) is 32.7. The van der Waals surface area contributed by atoms with Crippen molar-refractivity contribution in [2.24, 2.45) is 0 Å². The monoisotopic (exact) mass is 840 g/mol. The molecule has 0 aliphatic heterocycles. The zero-order valence-electron chi connectivity index (χ0n) is 36.3. The second-order valence-electron chi connectivity index (χ2n) is 17.0. The predicted octanol–water partition coefficient (Wildman–Crippen LogP) is 17.7. The standard InChI is InChI=1S/C64H44N2/c1-3-15-45(16-4-1)53-41-54(46-17-5-2-6-18-46)43-55(42-53)50-33-38-57(39-34-50)65(58-40-35-47-19-7-8-20-52(47)44-58)56-36-31-49(32-37-56)48-27-29-51(30-28-48)59-21-9-12-24-62(59)66-63-25-13-10-22-60(63)61-23-11-14-26-64(61)66/h1-44H. The first-order valence-corrected chi connectivity index (χ1v) is 22.7. The Balaban J connectivity index is 0.886. The van der Waals surface area contributed by atoms with Crippen LogP contribution in [0, 0.1) is 0 Å². The summed E-state index contributed by atoms with van der Waals surface area (Å²) in [6, 6.07) is 96.8. The van der Waals surface area contributed by atoms with Gasteiger partial charge in [-0.05, 0) is 134 Å². The molecule has 0 unspecified atom stereocenters. The molecule has 11 aromatic carbocycles. The highest BCUT2D eigenvalue weighted by Gasteiger charge is 2.17. The Morgan fingerprint density at radius 2 is 0.636 bits per heavy atom. The fourth-order valence-corrected chi connectivity index (χ4v) is 9.69. The summed E-state index contributed by atoms with van der Waals surface area (Å²) in [5.74, 6) is 0. The van der Waals surface area contributed by atoms with Gasteiger partial charge in [0.25, 0.3) is 0 Å². The number of hydrogen-bond donors (Lipinski definition) is 0. The van der Waals surface area contributed by atoms with E-state index in [4.69, 9.17) is 0 Å². The number of fused-ring (bicyclic) bond motifs is 4. The third-order valence-corrected chi connectivity index (χ3v) is 13.0. The molecule has 0 radical (unpaired) electrons. The van der Waals surface area contributed by atoms with Crippen molar-refractivity contribution in [3.05, 3.63) is 267 Å². The van der Waals surface area contributed by atoms with Crippen LogP contribution in [-0.2, 0) is 0 Å². The Morgan fingerprint density at radius 3 is 1.20 bits per heavy atom. The van der Waals surface area contributed by atoms with Crippen LogP contribution in [0.2, 0.25) is 0 Å². The maximum atomic E-state index is 2.41. The van der Waals surface area contributed by atoms with Crippen molar-refractivity contribution in [1.82, 2.24) is 4.57 Å². The molecule has 2 heteroatoms. The highest BCUT2D eigenvalue weighted by Crippen LogP contribution is 2.41. The van der Waals surface area contributed by atoms with Crippen LogP contribution in [0.4, 0.5) is 17.1 Å². The lowest BCUT2D eigenvalue weighted by atomic mass is 9.93. The molecule has 12 rings (SSSR count). The van der Waals surface area contributed by atoms with E-state index < -0.39 is 0 Å². The van der Waals surface area contributed by atoms with Crippen molar-refractivity contribution in [3.8, 4) is 61.3 Å². The molecule has 0 atom stereocenters. The van der Waals surface area contributed by atoms with Gasteiger partial charge in [0.05, 0.1) is 16.7 Å². The van der Waals surface area contributed by atoms with Gasteiger partial charge in [-0.2, -0.15) is 0 Å². The SMILES string of the molecule is c1ccc(-c2cc(-c3ccccc3)cc(-c3ccc(N(c4ccc(-c5ccc(-c6ccccc6-n6c7ccccc7c7ccccc76)cc5)cc4)c4ccc5ccccc5c4)cc3)c2)cc1. The summed E-state index contributed by atoms with van der Waals surface area (Å²) in [6.07, 6.45) is 0. The zero-order chi connectivity index (χ0) is 43.8. The number of para-hydroxylation sites is 3. The van der Waals surface area contributed by atoms with Crippen molar-refractivity contribution in [2.45, 2.75) is 0 Å². The van der Waals surface area contributed by atoms with Crippen LogP contribution in [0.15, 0.2) is 267 Å². The van der Waals surface area contributed by atoms with Crippen molar-refractivity contribution >= 4 is 49.6 Å². The topological polar surface area (TPSA) is 8.17 Å². The van der Waals surface area contributed by atoms with Gasteiger partial charge in [-0.25, -0.2) is 0 Å². The van der Waals surface area contributed by atoms with Crippen LogP contribution < -0.4 is 4.90 Å². The molecular formula is C64H44N2. The summed E-state index contributed by atoms with van der Waals surface area (Å²) >= 11 is 0. The molecule has 0 saturated heterocycles. The van der Waals surface area contributed by atoms with Crippen molar-refractivity contribution in [1.29, 1.82) is 0 Å². The molecule has 1 heterocycles. The normalized spacial score (nSPS) is 11.3. The van der Waals surface area contributed by atoms with E-state index in [0.717, 1.165) is 17.1 Å². The third kappa shape index (κ3) is 7.21. The minimum atomic E-state index is 1.09. The predicted molar refractivity (Wildman–Crippen MR) is 280 cm³/mol. The smallest absolute Gasteiger partial charge is 0.0541 e. The van der Waals surface area contributed by atoms with E-state index in [0.29, 0.717) is 0 Å². The molecule has 0 aliphatic carbocycles. The Bertz CT molecular complexity index is 3550. The molecule has 0 bridgehead atoms. The Morgan fingerprint density at radius 1 is 0.242 bits per heavy atom. The fraction of sp³-hybridized carbons (Fsp3) is 0. The van der Waals surface area contributed by atoms with Gasteiger partial charge in [0.2, 0.25) is 0 Å². The van der Waals surface area contributed by atoms with Crippen LogP contribution in [-0.4, -0.2) is 4.57 Å². The van der Waals surface area contributed by atoms with Gasteiger partial charge >= 0.3 is 0 Å². The molecule has 2 nitrogen and oxygen atoms in total. The molecular weight excluding hydrogens is 797 g/mol. The summed E-state index contributed by atoms with van der Waals surface area (Å²) in [7, 11) is 0. The van der Waals surface area contributed by atoms with E-state index in [9.17, 15) is 0 Å². The zero-order valence-corrected chi connectivity index (χ0v) is 36.3. The van der Waals surface area contributed by atoms with Gasteiger partial charge in [0.1, 0.15) is 0 Å². The molecule has 0 saturated carbocycles. The highest BCUT2D eigenvalue weighted by molar-refractivity contribution is 6.09. The van der Waals surface area contributed by atoms with Crippen molar-refractivity contribution in [3.63, 3.8) is 0 Å². The second kappa shape index (κ2) is 16.8. The largest absolute Gasteiger partial charge is 0.310 e. The number of hydrogen-bond acceptors (Lipinski definition) is 1. The van der Waals surface area contributed by atoms with Gasteiger partial charge in [-0.1, -0.05) is 194 Å². The Labute approximate surface area is 385 Å². The van der Waals surface area contributed by atoms with Gasteiger partial charge < -0.3 is 9.47 Å². The molecule has 0 amide bonds. The van der Waals surface area contributed by atoms with Crippen LogP contribution in [0.25, 0.3) is 93.9 Å². The molecule has 0 spiro atoms. The first kappa shape index (κ1) is 38.9. The molecule has 0 N–H and O–H groups in total. The molecule has 0 fully saturated rings. The van der Waals surface area contributed by atoms with Gasteiger partial charge in [-0.15, -0.1) is 0 Å². The molecule has 310 valence electrons. The summed E-state index contributed by atoms with van der Waals surface area (Å²) in [4.78, 5) is 2.37. The summed E-state index contributed by atoms with van der Waals surface area (Å²) in [5.41, 5.74) is 18.8. The molecule has 0 aliphatic rings. The summed E-state index contributed by atoms with van der Waals surface area (Å²) in [6.45, 7) is 0. The minimum Gasteiger partial charge on any atom is -0.310 e. The maximum absolute atomic E-state index is 2.41. The van der Waals surface area contributed by atoms with Gasteiger partial charge in [0, 0.05) is 33.4 Å². The van der Waals surface area contributed by atoms with Crippen LogP contribution in [0.1, 0.15) is 0 Å². The molecule has 1 aromatic heterocycles. The average molecular weight is 841 g/mol. The van der Waals surface area contributed by atoms with Gasteiger partial charge in [0.15, 0.2) is 0 Å². The highest BCUT2D eigenvalue weighted by atomic mass is 15.1. The average Bonchev–Trinajstić information content (AvgIpc) is 3.74.